The Hall–Kier alpha value is -2.08. The Labute approximate surface area is 142 Å². The fraction of sp³-hybridized carbons (Fsp3) is 0.389. The van der Waals surface area contributed by atoms with Crippen LogP contribution in [0.5, 0.6) is 0 Å². The first-order valence-corrected chi connectivity index (χ1v) is 9.95. The third-order valence-corrected chi connectivity index (χ3v) is 6.27. The quantitative estimate of drug-likeness (QED) is 0.923. The van der Waals surface area contributed by atoms with E-state index >= 15 is 0 Å². The molecule has 2 aromatic rings. The number of sulfone groups is 1. The number of hydrogen-bond acceptors (Lipinski definition) is 3. The lowest BCUT2D eigenvalue weighted by Gasteiger charge is -2.20. The zero-order valence-electron chi connectivity index (χ0n) is 13.7. The van der Waals surface area contributed by atoms with Gasteiger partial charge in [-0.15, -0.1) is 0 Å². The van der Waals surface area contributed by atoms with E-state index in [0.29, 0.717) is 13.0 Å². The van der Waals surface area contributed by atoms with Crippen LogP contribution in [0.25, 0.3) is 10.8 Å². The third kappa shape index (κ3) is 3.87. The summed E-state index contributed by atoms with van der Waals surface area (Å²) in [6.07, 6.45) is 1.26. The predicted molar refractivity (Wildman–Crippen MR) is 95.9 cm³/mol. The molecule has 1 saturated heterocycles. The molecule has 0 bridgehead atoms. The van der Waals surface area contributed by atoms with Crippen molar-refractivity contribution in [3.05, 3.63) is 48.0 Å². The number of urea groups is 1. The van der Waals surface area contributed by atoms with Crippen LogP contribution in [0.1, 0.15) is 12.0 Å². The predicted octanol–water partition coefficient (Wildman–Crippen LogP) is 2.21. The summed E-state index contributed by atoms with van der Waals surface area (Å²) in [5.74, 6) is 0.216. The van der Waals surface area contributed by atoms with Gasteiger partial charge < -0.3 is 10.2 Å². The number of nitrogens with zero attached hydrogens (tertiary/aromatic N) is 1. The van der Waals surface area contributed by atoms with Crippen LogP contribution in [0.15, 0.2) is 42.5 Å². The summed E-state index contributed by atoms with van der Waals surface area (Å²) in [5, 5.41) is 5.21. The molecule has 2 amide bonds. The van der Waals surface area contributed by atoms with Gasteiger partial charge >= 0.3 is 6.03 Å². The Morgan fingerprint density at radius 2 is 1.96 bits per heavy atom. The maximum Gasteiger partial charge on any atom is 0.317 e. The molecule has 0 radical (unpaired) electrons. The molecule has 1 fully saturated rings. The molecule has 1 aliphatic rings. The standard InChI is InChI=1S/C18H22N2O3S/c1-20(18(21)19-16-10-12-24(22,23)13-16)11-9-15-7-4-6-14-5-2-3-8-17(14)15/h2-8,16H,9-13H2,1H3,(H,19,21). The summed E-state index contributed by atoms with van der Waals surface area (Å²) in [6, 6.07) is 13.9. The molecule has 2 aromatic carbocycles. The highest BCUT2D eigenvalue weighted by atomic mass is 32.2. The van der Waals surface area contributed by atoms with Gasteiger partial charge in [-0.2, -0.15) is 0 Å². The molecule has 5 nitrogen and oxygen atoms in total. The molecule has 1 aliphatic heterocycles. The Morgan fingerprint density at radius 1 is 1.21 bits per heavy atom. The van der Waals surface area contributed by atoms with Crippen molar-refractivity contribution < 1.29 is 13.2 Å². The molecule has 0 spiro atoms. The number of nitrogens with one attached hydrogen (secondary N) is 1. The van der Waals surface area contributed by atoms with E-state index < -0.39 is 9.84 Å². The van der Waals surface area contributed by atoms with Crippen molar-refractivity contribution >= 4 is 26.6 Å². The maximum atomic E-state index is 12.2. The Morgan fingerprint density at radius 3 is 2.71 bits per heavy atom. The number of amides is 2. The van der Waals surface area contributed by atoms with Gasteiger partial charge in [0.1, 0.15) is 0 Å². The maximum absolute atomic E-state index is 12.2. The van der Waals surface area contributed by atoms with Crippen LogP contribution >= 0.6 is 0 Å². The number of carbonyl (C=O) groups excluding carboxylic acids is 1. The highest BCUT2D eigenvalue weighted by molar-refractivity contribution is 7.91. The van der Waals surface area contributed by atoms with Crippen LogP contribution in [0.3, 0.4) is 0 Å². The minimum Gasteiger partial charge on any atom is -0.334 e. The Balaban J connectivity index is 1.58. The highest BCUT2D eigenvalue weighted by Gasteiger charge is 2.29. The van der Waals surface area contributed by atoms with Gasteiger partial charge in [-0.25, -0.2) is 13.2 Å². The lowest BCUT2D eigenvalue weighted by Crippen LogP contribution is -2.44. The van der Waals surface area contributed by atoms with Crippen molar-refractivity contribution in [2.75, 3.05) is 25.1 Å². The average Bonchev–Trinajstić information content (AvgIpc) is 2.91. The molecule has 0 aliphatic carbocycles. The topological polar surface area (TPSA) is 66.5 Å². The minimum atomic E-state index is -2.98. The lowest BCUT2D eigenvalue weighted by molar-refractivity contribution is 0.206. The molecule has 1 heterocycles. The molecular formula is C18H22N2O3S. The first-order chi connectivity index (χ1) is 11.4. The zero-order valence-corrected chi connectivity index (χ0v) is 14.6. The van der Waals surface area contributed by atoms with Crippen LogP contribution in [-0.4, -0.2) is 50.5 Å². The summed E-state index contributed by atoms with van der Waals surface area (Å²) in [7, 11) is -1.24. The number of likely N-dealkylation sites (N-methyl/N-ethyl adjacent to an activating group) is 1. The number of fused-ring (bicyclic) bond motifs is 1. The second-order valence-corrected chi connectivity index (χ2v) is 8.59. The van der Waals surface area contributed by atoms with Crippen LogP contribution < -0.4 is 5.32 Å². The monoisotopic (exact) mass is 346 g/mol. The highest BCUT2D eigenvalue weighted by Crippen LogP contribution is 2.19. The van der Waals surface area contributed by atoms with E-state index in [0.717, 1.165) is 6.42 Å². The molecular weight excluding hydrogens is 324 g/mol. The molecule has 3 rings (SSSR count). The molecule has 128 valence electrons. The summed E-state index contributed by atoms with van der Waals surface area (Å²) >= 11 is 0. The van der Waals surface area contributed by atoms with Gasteiger partial charge in [0.15, 0.2) is 9.84 Å². The van der Waals surface area contributed by atoms with Crippen molar-refractivity contribution in [1.82, 2.24) is 10.2 Å². The van der Waals surface area contributed by atoms with Gasteiger partial charge in [0.05, 0.1) is 11.5 Å². The van der Waals surface area contributed by atoms with Crippen molar-refractivity contribution in [2.45, 2.75) is 18.9 Å². The zero-order chi connectivity index (χ0) is 17.2. The van der Waals surface area contributed by atoms with Gasteiger partial charge in [0, 0.05) is 19.6 Å². The molecule has 0 aromatic heterocycles. The first-order valence-electron chi connectivity index (χ1n) is 8.13. The van der Waals surface area contributed by atoms with E-state index in [-0.39, 0.29) is 23.6 Å². The second kappa shape index (κ2) is 6.81. The van der Waals surface area contributed by atoms with E-state index in [1.54, 1.807) is 11.9 Å². The molecule has 1 N–H and O–H groups in total. The van der Waals surface area contributed by atoms with Gasteiger partial charge in [0.25, 0.3) is 0 Å². The SMILES string of the molecule is CN(CCc1cccc2ccccc12)C(=O)NC1CCS(=O)(=O)C1. The molecule has 0 saturated carbocycles. The fourth-order valence-corrected chi connectivity index (χ4v) is 4.77. The normalized spacial score (nSPS) is 19.3. The number of carbonyl (C=O) groups is 1. The summed E-state index contributed by atoms with van der Waals surface area (Å²) in [4.78, 5) is 13.8. The Kier molecular flexibility index (Phi) is 4.76. The first kappa shape index (κ1) is 16.8. The largest absolute Gasteiger partial charge is 0.334 e. The van der Waals surface area contributed by atoms with Gasteiger partial charge in [0.2, 0.25) is 0 Å². The van der Waals surface area contributed by atoms with Gasteiger partial charge in [-0.1, -0.05) is 42.5 Å². The number of rotatable bonds is 4. The van der Waals surface area contributed by atoms with Crippen molar-refractivity contribution in [2.24, 2.45) is 0 Å². The summed E-state index contributed by atoms with van der Waals surface area (Å²) in [6.45, 7) is 0.583. The summed E-state index contributed by atoms with van der Waals surface area (Å²) in [5.41, 5.74) is 1.20. The third-order valence-electron chi connectivity index (χ3n) is 4.50. The van der Waals surface area contributed by atoms with Crippen molar-refractivity contribution in [3.63, 3.8) is 0 Å². The van der Waals surface area contributed by atoms with E-state index in [4.69, 9.17) is 0 Å². The van der Waals surface area contributed by atoms with Crippen LogP contribution in [-0.2, 0) is 16.3 Å². The fourth-order valence-electron chi connectivity index (χ4n) is 3.09. The minimum absolute atomic E-state index is 0.0515. The van der Waals surface area contributed by atoms with E-state index in [2.05, 4.69) is 29.6 Å². The summed E-state index contributed by atoms with van der Waals surface area (Å²) < 4.78 is 22.9. The number of benzene rings is 2. The molecule has 1 unspecified atom stereocenters. The van der Waals surface area contributed by atoms with Crippen LogP contribution in [0.2, 0.25) is 0 Å². The molecule has 24 heavy (non-hydrogen) atoms. The van der Waals surface area contributed by atoms with Gasteiger partial charge in [-0.3, -0.25) is 0 Å². The van der Waals surface area contributed by atoms with E-state index in [1.165, 1.54) is 16.3 Å². The van der Waals surface area contributed by atoms with Crippen LogP contribution in [0.4, 0.5) is 4.79 Å². The average molecular weight is 346 g/mol. The van der Waals surface area contributed by atoms with Crippen LogP contribution in [0, 0.1) is 0 Å². The second-order valence-electron chi connectivity index (χ2n) is 6.36. The van der Waals surface area contributed by atoms with Crippen molar-refractivity contribution in [1.29, 1.82) is 0 Å². The molecule has 6 heteroatoms. The van der Waals surface area contributed by atoms with E-state index in [9.17, 15) is 13.2 Å². The van der Waals surface area contributed by atoms with Gasteiger partial charge in [-0.05, 0) is 29.2 Å². The van der Waals surface area contributed by atoms with Crippen molar-refractivity contribution in [3.8, 4) is 0 Å². The smallest absolute Gasteiger partial charge is 0.317 e. The van der Waals surface area contributed by atoms with E-state index in [1.807, 2.05) is 18.2 Å². The number of hydrogen-bond donors (Lipinski definition) is 1. The lowest BCUT2D eigenvalue weighted by atomic mass is 10.0. The Bertz CT molecular complexity index is 843. The molecule has 1 atom stereocenters.